The standard InChI is InChI=1S/C24H15Br2NS/c25-18-12-17(13-19(26)15-18)16-10-11-22-24(14-16)28-23-9-5-4-8-21(23)27(22)20-6-2-1-3-7-20/h1-15H. The Hall–Kier alpha value is -2.01. The van der Waals surface area contributed by atoms with E-state index in [1.807, 2.05) is 11.8 Å². The van der Waals surface area contributed by atoms with Crippen LogP contribution in [0.1, 0.15) is 0 Å². The van der Waals surface area contributed by atoms with Gasteiger partial charge >= 0.3 is 0 Å². The fraction of sp³-hybridized carbons (Fsp3) is 0. The highest BCUT2D eigenvalue weighted by Crippen LogP contribution is 2.52. The van der Waals surface area contributed by atoms with E-state index in [-0.39, 0.29) is 0 Å². The highest BCUT2D eigenvalue weighted by Gasteiger charge is 2.24. The summed E-state index contributed by atoms with van der Waals surface area (Å²) in [6, 6.07) is 32.3. The van der Waals surface area contributed by atoms with Crippen LogP contribution in [0.3, 0.4) is 0 Å². The van der Waals surface area contributed by atoms with Gasteiger partial charge < -0.3 is 4.90 Å². The van der Waals surface area contributed by atoms with Gasteiger partial charge in [0.25, 0.3) is 0 Å². The van der Waals surface area contributed by atoms with Crippen LogP contribution in [0.5, 0.6) is 0 Å². The van der Waals surface area contributed by atoms with Gasteiger partial charge in [0.2, 0.25) is 0 Å². The second-order valence-corrected chi connectivity index (χ2v) is 9.50. The summed E-state index contributed by atoms with van der Waals surface area (Å²) in [4.78, 5) is 4.88. The number of nitrogens with zero attached hydrogens (tertiary/aromatic N) is 1. The smallest absolute Gasteiger partial charge is 0.0602 e. The summed E-state index contributed by atoms with van der Waals surface area (Å²) >= 11 is 9.04. The van der Waals surface area contributed by atoms with Gasteiger partial charge in [0.15, 0.2) is 0 Å². The zero-order valence-electron chi connectivity index (χ0n) is 14.8. The van der Waals surface area contributed by atoms with Crippen LogP contribution in [-0.2, 0) is 0 Å². The third-order valence-corrected chi connectivity index (χ3v) is 6.76. The lowest BCUT2D eigenvalue weighted by Gasteiger charge is -2.33. The predicted molar refractivity (Wildman–Crippen MR) is 126 cm³/mol. The highest BCUT2D eigenvalue weighted by molar-refractivity contribution is 9.11. The van der Waals surface area contributed by atoms with Crippen molar-refractivity contribution in [2.75, 3.05) is 4.90 Å². The van der Waals surface area contributed by atoms with Gasteiger partial charge in [-0.1, -0.05) is 80.0 Å². The number of para-hydroxylation sites is 2. The molecule has 4 aromatic carbocycles. The Morgan fingerprint density at radius 3 is 2.04 bits per heavy atom. The van der Waals surface area contributed by atoms with E-state index in [9.17, 15) is 0 Å². The van der Waals surface area contributed by atoms with Crippen molar-refractivity contribution in [3.63, 3.8) is 0 Å². The molecule has 28 heavy (non-hydrogen) atoms. The number of fused-ring (bicyclic) bond motifs is 2. The molecule has 0 spiro atoms. The molecule has 0 unspecified atom stereocenters. The zero-order valence-corrected chi connectivity index (χ0v) is 18.8. The molecule has 5 rings (SSSR count). The Morgan fingerprint density at radius 1 is 0.571 bits per heavy atom. The number of benzene rings is 4. The first-order valence-electron chi connectivity index (χ1n) is 8.92. The van der Waals surface area contributed by atoms with Gasteiger partial charge in [0, 0.05) is 24.4 Å². The van der Waals surface area contributed by atoms with E-state index in [4.69, 9.17) is 0 Å². The van der Waals surface area contributed by atoms with Gasteiger partial charge in [0.1, 0.15) is 0 Å². The monoisotopic (exact) mass is 507 g/mol. The van der Waals surface area contributed by atoms with E-state index in [1.54, 1.807) is 0 Å². The Morgan fingerprint density at radius 2 is 1.25 bits per heavy atom. The Balaban J connectivity index is 1.67. The van der Waals surface area contributed by atoms with Crippen molar-refractivity contribution < 1.29 is 0 Å². The van der Waals surface area contributed by atoms with Crippen LogP contribution < -0.4 is 4.90 Å². The lowest BCUT2D eigenvalue weighted by Crippen LogP contribution is -2.14. The molecule has 0 N–H and O–H groups in total. The Bertz CT molecular complexity index is 1150. The maximum absolute atomic E-state index is 3.60. The summed E-state index contributed by atoms with van der Waals surface area (Å²) in [5.74, 6) is 0. The molecule has 1 heterocycles. The lowest BCUT2D eigenvalue weighted by molar-refractivity contribution is 1.17. The van der Waals surface area contributed by atoms with Crippen LogP contribution >= 0.6 is 43.6 Å². The molecule has 1 aliphatic heterocycles. The molecular weight excluding hydrogens is 494 g/mol. The van der Waals surface area contributed by atoms with Gasteiger partial charge in [-0.05, 0) is 65.7 Å². The summed E-state index contributed by atoms with van der Waals surface area (Å²) in [5, 5.41) is 0. The first-order chi connectivity index (χ1) is 13.7. The maximum atomic E-state index is 3.60. The Labute approximate surface area is 185 Å². The Kier molecular flexibility index (Phi) is 4.79. The van der Waals surface area contributed by atoms with Crippen LogP contribution in [-0.4, -0.2) is 0 Å². The third-order valence-electron chi connectivity index (χ3n) is 4.74. The number of rotatable bonds is 2. The third kappa shape index (κ3) is 3.30. The highest BCUT2D eigenvalue weighted by atomic mass is 79.9. The molecular formula is C24H15Br2NS. The molecule has 1 nitrogen and oxygen atoms in total. The van der Waals surface area contributed by atoms with Crippen LogP contribution in [0.4, 0.5) is 17.1 Å². The number of anilines is 3. The molecule has 136 valence electrons. The SMILES string of the molecule is Brc1cc(Br)cc(-c2ccc3c(c2)Sc2ccccc2N3c2ccccc2)c1. The van der Waals surface area contributed by atoms with E-state index in [1.165, 1.54) is 38.0 Å². The largest absolute Gasteiger partial charge is 0.308 e. The quantitative estimate of drug-likeness (QED) is 0.234. The summed E-state index contributed by atoms with van der Waals surface area (Å²) in [5.41, 5.74) is 6.02. The minimum absolute atomic E-state index is 1.07. The second kappa shape index (κ2) is 7.43. The molecule has 0 saturated carbocycles. The van der Waals surface area contributed by atoms with Gasteiger partial charge in [0.05, 0.1) is 11.4 Å². The fourth-order valence-electron chi connectivity index (χ4n) is 3.51. The molecule has 0 bridgehead atoms. The summed E-state index contributed by atoms with van der Waals surface area (Å²) < 4.78 is 2.14. The molecule has 1 aliphatic rings. The van der Waals surface area contributed by atoms with Crippen molar-refractivity contribution in [3.05, 3.63) is 99.9 Å². The van der Waals surface area contributed by atoms with Crippen molar-refractivity contribution in [1.82, 2.24) is 0 Å². The summed E-state index contributed by atoms with van der Waals surface area (Å²) in [6.07, 6.45) is 0. The van der Waals surface area contributed by atoms with E-state index >= 15 is 0 Å². The lowest BCUT2D eigenvalue weighted by atomic mass is 10.0. The van der Waals surface area contributed by atoms with Gasteiger partial charge in [-0.15, -0.1) is 0 Å². The number of halogens is 2. The van der Waals surface area contributed by atoms with E-state index in [0.717, 1.165) is 8.95 Å². The first kappa shape index (κ1) is 18.0. The molecule has 0 amide bonds. The molecule has 0 aliphatic carbocycles. The van der Waals surface area contributed by atoms with E-state index in [0.29, 0.717) is 0 Å². The van der Waals surface area contributed by atoms with Gasteiger partial charge in [-0.2, -0.15) is 0 Å². The average molecular weight is 509 g/mol. The maximum Gasteiger partial charge on any atom is 0.0602 e. The molecule has 0 radical (unpaired) electrons. The van der Waals surface area contributed by atoms with Crippen LogP contribution in [0, 0.1) is 0 Å². The minimum atomic E-state index is 1.07. The molecule has 0 saturated heterocycles. The van der Waals surface area contributed by atoms with Gasteiger partial charge in [-0.25, -0.2) is 0 Å². The summed E-state index contributed by atoms with van der Waals surface area (Å²) in [7, 11) is 0. The van der Waals surface area contributed by atoms with Crippen molar-refractivity contribution in [2.24, 2.45) is 0 Å². The molecule has 0 atom stereocenters. The van der Waals surface area contributed by atoms with Crippen LogP contribution in [0.15, 0.2) is 110 Å². The fourth-order valence-corrected chi connectivity index (χ4v) is 5.90. The zero-order chi connectivity index (χ0) is 19.1. The topological polar surface area (TPSA) is 3.24 Å². The summed E-state index contributed by atoms with van der Waals surface area (Å²) in [6.45, 7) is 0. The van der Waals surface area contributed by atoms with Crippen LogP contribution in [0.25, 0.3) is 11.1 Å². The predicted octanol–water partition coefficient (Wildman–Crippen LogP) is 8.81. The van der Waals surface area contributed by atoms with Crippen molar-refractivity contribution >= 4 is 60.7 Å². The number of hydrogen-bond acceptors (Lipinski definition) is 2. The molecule has 4 aromatic rings. The van der Waals surface area contributed by atoms with Gasteiger partial charge in [-0.3, -0.25) is 0 Å². The second-order valence-electron chi connectivity index (χ2n) is 6.58. The minimum Gasteiger partial charge on any atom is -0.308 e. The van der Waals surface area contributed by atoms with E-state index < -0.39 is 0 Å². The molecule has 0 aromatic heterocycles. The molecule has 0 fully saturated rings. The van der Waals surface area contributed by atoms with Crippen molar-refractivity contribution in [2.45, 2.75) is 9.79 Å². The first-order valence-corrected chi connectivity index (χ1v) is 11.3. The average Bonchev–Trinajstić information content (AvgIpc) is 2.71. The number of hydrogen-bond donors (Lipinski definition) is 0. The van der Waals surface area contributed by atoms with Crippen LogP contribution in [0.2, 0.25) is 0 Å². The van der Waals surface area contributed by atoms with Crippen molar-refractivity contribution in [1.29, 1.82) is 0 Å². The van der Waals surface area contributed by atoms with Crippen molar-refractivity contribution in [3.8, 4) is 11.1 Å². The molecule has 4 heteroatoms. The normalized spacial score (nSPS) is 12.4. The van der Waals surface area contributed by atoms with E-state index in [2.05, 4.69) is 128 Å².